The maximum Gasteiger partial charge on any atom is 0.416 e. The van der Waals surface area contributed by atoms with Crippen LogP contribution in [0, 0.1) is 0 Å². The molecular formula is C29H25F3N2O4S2. The van der Waals surface area contributed by atoms with Crippen molar-refractivity contribution in [2.24, 2.45) is 0 Å². The highest BCUT2D eigenvalue weighted by molar-refractivity contribution is 8.27. The maximum absolute atomic E-state index is 13.1. The third kappa shape index (κ3) is 7.02. The van der Waals surface area contributed by atoms with E-state index in [2.05, 4.69) is 12.2 Å². The first-order valence-corrected chi connectivity index (χ1v) is 13.5. The number of halogens is 3. The molecule has 0 bridgehead atoms. The summed E-state index contributed by atoms with van der Waals surface area (Å²) < 4.78 is 50.5. The average molecular weight is 587 g/mol. The minimum atomic E-state index is -4.52. The van der Waals surface area contributed by atoms with Crippen LogP contribution in [-0.2, 0) is 22.2 Å². The SMILES string of the molecule is CCOc1cc(/C=C2\SC(=S)N(c3ccc(CC)cc3)C2=O)ccc1OCC(=O)Nc1cccc(C(F)(F)F)c1. The average Bonchev–Trinajstić information content (AvgIpc) is 3.20. The van der Waals surface area contributed by atoms with Gasteiger partial charge < -0.3 is 14.8 Å². The topological polar surface area (TPSA) is 67.9 Å². The highest BCUT2D eigenvalue weighted by atomic mass is 32.2. The number of thioether (sulfide) groups is 1. The van der Waals surface area contributed by atoms with E-state index in [1.807, 2.05) is 24.3 Å². The van der Waals surface area contributed by atoms with Crippen LogP contribution in [0.4, 0.5) is 24.5 Å². The van der Waals surface area contributed by atoms with Gasteiger partial charge in [0.15, 0.2) is 22.4 Å². The van der Waals surface area contributed by atoms with Crippen LogP contribution in [0.1, 0.15) is 30.5 Å². The van der Waals surface area contributed by atoms with Crippen molar-refractivity contribution in [3.05, 3.63) is 88.3 Å². The summed E-state index contributed by atoms with van der Waals surface area (Å²) in [7, 11) is 0. The Kier molecular flexibility index (Phi) is 9.16. The quantitative estimate of drug-likeness (QED) is 0.213. The molecule has 3 aromatic carbocycles. The largest absolute Gasteiger partial charge is 0.490 e. The van der Waals surface area contributed by atoms with Gasteiger partial charge in [0.05, 0.1) is 22.8 Å². The van der Waals surface area contributed by atoms with Crippen molar-refractivity contribution in [3.63, 3.8) is 0 Å². The molecule has 1 fully saturated rings. The summed E-state index contributed by atoms with van der Waals surface area (Å²) in [5.41, 5.74) is 1.65. The standard InChI is InChI=1S/C29H25F3N2O4S2/c1-3-18-8-11-22(12-9-18)34-27(36)25(40-28(34)39)15-19-10-13-23(24(14-19)37-4-2)38-17-26(35)33-21-7-5-6-20(16-21)29(30,31)32/h5-16H,3-4,17H2,1-2H3,(H,33,35)/b25-15-. The Morgan fingerprint density at radius 1 is 1.02 bits per heavy atom. The smallest absolute Gasteiger partial charge is 0.416 e. The lowest BCUT2D eigenvalue weighted by atomic mass is 10.1. The molecule has 3 aromatic rings. The lowest BCUT2D eigenvalue weighted by molar-refractivity contribution is -0.137. The lowest BCUT2D eigenvalue weighted by Crippen LogP contribution is -2.27. The highest BCUT2D eigenvalue weighted by Crippen LogP contribution is 2.37. The second-order valence-electron chi connectivity index (χ2n) is 8.59. The summed E-state index contributed by atoms with van der Waals surface area (Å²) in [4.78, 5) is 27.4. The summed E-state index contributed by atoms with van der Waals surface area (Å²) in [6.45, 7) is 3.70. The zero-order valence-corrected chi connectivity index (χ0v) is 23.2. The summed E-state index contributed by atoms with van der Waals surface area (Å²) >= 11 is 6.66. The molecule has 0 saturated carbocycles. The molecular weight excluding hydrogens is 561 g/mol. The second-order valence-corrected chi connectivity index (χ2v) is 10.3. The normalized spacial score (nSPS) is 14.5. The first kappa shape index (κ1) is 29.2. The van der Waals surface area contributed by atoms with Crippen molar-refractivity contribution in [3.8, 4) is 11.5 Å². The summed E-state index contributed by atoms with van der Waals surface area (Å²) in [5, 5.41) is 2.40. The number of hydrogen-bond donors (Lipinski definition) is 1. The molecule has 6 nitrogen and oxygen atoms in total. The Morgan fingerprint density at radius 3 is 2.45 bits per heavy atom. The van der Waals surface area contributed by atoms with Crippen molar-refractivity contribution in [1.82, 2.24) is 0 Å². The van der Waals surface area contributed by atoms with Gasteiger partial charge in [0, 0.05) is 5.69 Å². The minimum absolute atomic E-state index is 0.00225. The molecule has 2 amide bonds. The van der Waals surface area contributed by atoms with Crippen LogP contribution >= 0.6 is 24.0 Å². The Labute approximate surface area is 239 Å². The van der Waals surface area contributed by atoms with Crippen LogP contribution < -0.4 is 19.7 Å². The number of carbonyl (C=O) groups excluding carboxylic acids is 2. The van der Waals surface area contributed by atoms with E-state index in [-0.39, 0.29) is 17.3 Å². The molecule has 0 unspecified atom stereocenters. The van der Waals surface area contributed by atoms with E-state index >= 15 is 0 Å². The number of benzene rings is 3. The molecule has 40 heavy (non-hydrogen) atoms. The van der Waals surface area contributed by atoms with Gasteiger partial charge in [0.2, 0.25) is 0 Å². The van der Waals surface area contributed by atoms with Crippen molar-refractivity contribution < 1.29 is 32.2 Å². The number of ether oxygens (including phenoxy) is 2. The molecule has 11 heteroatoms. The fourth-order valence-electron chi connectivity index (χ4n) is 3.84. The molecule has 1 saturated heterocycles. The summed E-state index contributed by atoms with van der Waals surface area (Å²) in [6, 6.07) is 17.0. The molecule has 0 atom stereocenters. The van der Waals surface area contributed by atoms with Crippen LogP contribution in [-0.4, -0.2) is 29.3 Å². The molecule has 0 radical (unpaired) electrons. The molecule has 0 aromatic heterocycles. The monoisotopic (exact) mass is 586 g/mol. The van der Waals surface area contributed by atoms with Gasteiger partial charge in [0.25, 0.3) is 11.8 Å². The first-order chi connectivity index (χ1) is 19.1. The Balaban J connectivity index is 1.45. The maximum atomic E-state index is 13.1. The number of anilines is 2. The molecule has 1 aliphatic rings. The fraction of sp³-hybridized carbons (Fsp3) is 0.207. The molecule has 1 N–H and O–H groups in total. The van der Waals surface area contributed by atoms with Crippen LogP contribution in [0.25, 0.3) is 6.08 Å². The van der Waals surface area contributed by atoms with Gasteiger partial charge in [-0.1, -0.05) is 55.2 Å². The number of carbonyl (C=O) groups is 2. The van der Waals surface area contributed by atoms with Crippen molar-refractivity contribution in [2.75, 3.05) is 23.4 Å². The van der Waals surface area contributed by atoms with E-state index < -0.39 is 24.3 Å². The molecule has 208 valence electrons. The summed E-state index contributed by atoms with van der Waals surface area (Å²) in [5.74, 6) is -0.263. The number of amides is 2. The van der Waals surface area contributed by atoms with Crippen molar-refractivity contribution in [1.29, 1.82) is 0 Å². The van der Waals surface area contributed by atoms with E-state index in [9.17, 15) is 22.8 Å². The summed E-state index contributed by atoms with van der Waals surface area (Å²) in [6.07, 6.45) is -1.93. The van der Waals surface area contributed by atoms with Crippen LogP contribution in [0.5, 0.6) is 11.5 Å². The van der Waals surface area contributed by atoms with Gasteiger partial charge in [-0.05, 0) is 73.0 Å². The Morgan fingerprint density at radius 2 is 1.77 bits per heavy atom. The molecule has 4 rings (SSSR count). The van der Waals surface area contributed by atoms with Gasteiger partial charge >= 0.3 is 6.18 Å². The third-order valence-electron chi connectivity index (χ3n) is 5.79. The fourth-order valence-corrected chi connectivity index (χ4v) is 5.14. The van der Waals surface area contributed by atoms with Gasteiger partial charge in [-0.2, -0.15) is 13.2 Å². The number of aryl methyl sites for hydroxylation is 1. The van der Waals surface area contributed by atoms with Crippen molar-refractivity contribution in [2.45, 2.75) is 26.4 Å². The van der Waals surface area contributed by atoms with Crippen LogP contribution in [0.3, 0.4) is 0 Å². The van der Waals surface area contributed by atoms with E-state index in [4.69, 9.17) is 21.7 Å². The lowest BCUT2D eigenvalue weighted by Gasteiger charge is -2.15. The first-order valence-electron chi connectivity index (χ1n) is 12.3. The predicted molar refractivity (Wildman–Crippen MR) is 155 cm³/mol. The number of alkyl halides is 3. The molecule has 0 spiro atoms. The van der Waals surface area contributed by atoms with Gasteiger partial charge in [0.1, 0.15) is 0 Å². The van der Waals surface area contributed by atoms with E-state index in [1.165, 1.54) is 28.8 Å². The number of hydrogen-bond acceptors (Lipinski definition) is 6. The van der Waals surface area contributed by atoms with E-state index in [0.29, 0.717) is 32.8 Å². The van der Waals surface area contributed by atoms with E-state index in [1.54, 1.807) is 31.2 Å². The molecule has 1 heterocycles. The zero-order valence-electron chi connectivity index (χ0n) is 21.6. The highest BCUT2D eigenvalue weighted by Gasteiger charge is 2.33. The molecule has 1 aliphatic heterocycles. The zero-order chi connectivity index (χ0) is 28.9. The Hall–Kier alpha value is -3.83. The number of thiocarbonyl (C=S) groups is 1. The van der Waals surface area contributed by atoms with Crippen molar-refractivity contribution >= 4 is 57.6 Å². The second kappa shape index (κ2) is 12.6. The number of rotatable bonds is 9. The van der Waals surface area contributed by atoms with Crippen LogP contribution in [0.15, 0.2) is 71.6 Å². The van der Waals surface area contributed by atoms with Gasteiger partial charge in [-0.3, -0.25) is 14.5 Å². The number of nitrogens with zero attached hydrogens (tertiary/aromatic N) is 1. The number of nitrogens with one attached hydrogen (secondary N) is 1. The van der Waals surface area contributed by atoms with Gasteiger partial charge in [-0.25, -0.2) is 0 Å². The molecule has 0 aliphatic carbocycles. The van der Waals surface area contributed by atoms with Gasteiger partial charge in [-0.15, -0.1) is 0 Å². The van der Waals surface area contributed by atoms with Crippen LogP contribution in [0.2, 0.25) is 0 Å². The van der Waals surface area contributed by atoms with E-state index in [0.717, 1.165) is 24.1 Å². The third-order valence-corrected chi connectivity index (χ3v) is 7.10. The predicted octanol–water partition coefficient (Wildman–Crippen LogP) is 7.09. The Bertz CT molecular complexity index is 1460. The minimum Gasteiger partial charge on any atom is -0.490 e.